The molecule has 162 valence electrons. The first-order valence-corrected chi connectivity index (χ1v) is 9.98. The number of esters is 1. The third-order valence-corrected chi connectivity index (χ3v) is 4.82. The van der Waals surface area contributed by atoms with Crippen molar-refractivity contribution in [1.82, 2.24) is 0 Å². The van der Waals surface area contributed by atoms with E-state index in [2.05, 4.69) is 30.8 Å². The molecule has 30 heavy (non-hydrogen) atoms. The summed E-state index contributed by atoms with van der Waals surface area (Å²) in [6.45, 7) is 2.52. The molecule has 0 spiro atoms. The van der Waals surface area contributed by atoms with E-state index in [0.29, 0.717) is 6.42 Å². The van der Waals surface area contributed by atoms with E-state index in [4.69, 9.17) is 19.7 Å². The number of ether oxygens (including phenoxy) is 2. The minimum atomic E-state index is -0.658. The van der Waals surface area contributed by atoms with Gasteiger partial charge in [-0.25, -0.2) is 4.79 Å². The molecule has 2 N–H and O–H groups in total. The van der Waals surface area contributed by atoms with E-state index in [1.165, 1.54) is 5.56 Å². The molecule has 2 aromatic rings. The van der Waals surface area contributed by atoms with Gasteiger partial charge < -0.3 is 19.7 Å². The standard InChI is InChI=1S/C24H29FO5/c1-18(14-26)24(28)30-16-23(15-29-17-27)22-11-9-21(10-12-22)20-7-5-19(6-8-20)4-2-3-13-25/h5-12,23,26-27H,1-4,13-17H2. The molecule has 1 unspecified atom stereocenters. The highest BCUT2D eigenvalue weighted by molar-refractivity contribution is 5.87. The third kappa shape index (κ3) is 7.37. The molecule has 2 aromatic carbocycles. The minimum Gasteiger partial charge on any atom is -0.462 e. The Balaban J connectivity index is 2.04. The van der Waals surface area contributed by atoms with Crippen LogP contribution in [-0.2, 0) is 20.7 Å². The van der Waals surface area contributed by atoms with Gasteiger partial charge in [0.2, 0.25) is 0 Å². The number of aliphatic hydroxyl groups excluding tert-OH is 2. The number of rotatable bonds is 13. The Morgan fingerprint density at radius 3 is 2.17 bits per heavy atom. The van der Waals surface area contributed by atoms with E-state index in [0.717, 1.165) is 29.5 Å². The van der Waals surface area contributed by atoms with Crippen LogP contribution >= 0.6 is 0 Å². The molecule has 2 rings (SSSR count). The third-order valence-electron chi connectivity index (χ3n) is 4.82. The first kappa shape index (κ1) is 23.7. The van der Waals surface area contributed by atoms with E-state index in [-0.39, 0.29) is 31.4 Å². The summed E-state index contributed by atoms with van der Waals surface area (Å²) >= 11 is 0. The van der Waals surface area contributed by atoms with Crippen molar-refractivity contribution in [2.75, 3.05) is 33.3 Å². The lowest BCUT2D eigenvalue weighted by molar-refractivity contribution is -0.140. The van der Waals surface area contributed by atoms with Crippen LogP contribution in [0.15, 0.2) is 60.7 Å². The Morgan fingerprint density at radius 1 is 0.967 bits per heavy atom. The van der Waals surface area contributed by atoms with E-state index in [1.54, 1.807) is 0 Å². The number of hydrogen-bond acceptors (Lipinski definition) is 5. The summed E-state index contributed by atoms with van der Waals surface area (Å²) in [6.07, 6.45) is 2.31. The molecule has 0 radical (unpaired) electrons. The van der Waals surface area contributed by atoms with Gasteiger partial charge in [-0.15, -0.1) is 0 Å². The highest BCUT2D eigenvalue weighted by Gasteiger charge is 2.16. The molecule has 0 saturated heterocycles. The van der Waals surface area contributed by atoms with Crippen LogP contribution in [0.4, 0.5) is 4.39 Å². The van der Waals surface area contributed by atoms with Crippen LogP contribution in [0.3, 0.4) is 0 Å². The van der Waals surface area contributed by atoms with Gasteiger partial charge >= 0.3 is 5.97 Å². The van der Waals surface area contributed by atoms with E-state index >= 15 is 0 Å². The fourth-order valence-corrected chi connectivity index (χ4v) is 3.01. The lowest BCUT2D eigenvalue weighted by Gasteiger charge is -2.18. The van der Waals surface area contributed by atoms with Crippen LogP contribution in [0.25, 0.3) is 11.1 Å². The highest BCUT2D eigenvalue weighted by atomic mass is 19.1. The van der Waals surface area contributed by atoms with Gasteiger partial charge in [0.25, 0.3) is 0 Å². The normalized spacial score (nSPS) is 11.8. The van der Waals surface area contributed by atoms with Crippen molar-refractivity contribution in [2.45, 2.75) is 25.2 Å². The Kier molecular flexibility index (Phi) is 10.2. The monoisotopic (exact) mass is 416 g/mol. The van der Waals surface area contributed by atoms with Crippen molar-refractivity contribution in [3.63, 3.8) is 0 Å². The molecule has 0 aliphatic rings. The predicted molar refractivity (Wildman–Crippen MR) is 114 cm³/mol. The smallest absolute Gasteiger partial charge is 0.335 e. The Morgan fingerprint density at radius 2 is 1.60 bits per heavy atom. The Bertz CT molecular complexity index is 786. The second-order valence-corrected chi connectivity index (χ2v) is 7.02. The van der Waals surface area contributed by atoms with Gasteiger partial charge in [-0.1, -0.05) is 55.1 Å². The second kappa shape index (κ2) is 12.9. The number of benzene rings is 2. The summed E-state index contributed by atoms with van der Waals surface area (Å²) in [5.41, 5.74) is 4.19. The molecule has 0 bridgehead atoms. The van der Waals surface area contributed by atoms with Gasteiger partial charge in [0, 0.05) is 5.92 Å². The molecule has 0 aliphatic heterocycles. The van der Waals surface area contributed by atoms with Gasteiger partial charge in [0.1, 0.15) is 13.4 Å². The maximum Gasteiger partial charge on any atom is 0.335 e. The van der Waals surface area contributed by atoms with E-state index in [1.807, 2.05) is 24.3 Å². The molecule has 5 nitrogen and oxygen atoms in total. The summed E-state index contributed by atoms with van der Waals surface area (Å²) in [6, 6.07) is 16.1. The summed E-state index contributed by atoms with van der Waals surface area (Å²) in [4.78, 5) is 11.7. The van der Waals surface area contributed by atoms with Gasteiger partial charge in [-0.2, -0.15) is 0 Å². The zero-order chi connectivity index (χ0) is 21.8. The molecular formula is C24H29FO5. The van der Waals surface area contributed by atoms with Crippen molar-refractivity contribution in [2.24, 2.45) is 0 Å². The van der Waals surface area contributed by atoms with Gasteiger partial charge in [0.15, 0.2) is 0 Å². The zero-order valence-corrected chi connectivity index (χ0v) is 17.1. The van der Waals surface area contributed by atoms with Gasteiger partial charge in [-0.05, 0) is 41.5 Å². The van der Waals surface area contributed by atoms with Crippen molar-refractivity contribution in [1.29, 1.82) is 0 Å². The lowest BCUT2D eigenvalue weighted by Crippen LogP contribution is -2.19. The number of alkyl halides is 1. The van der Waals surface area contributed by atoms with Crippen LogP contribution in [-0.4, -0.2) is 49.5 Å². The summed E-state index contributed by atoms with van der Waals surface area (Å²) in [5, 5.41) is 17.9. The molecular weight excluding hydrogens is 387 g/mol. The minimum absolute atomic E-state index is 0.0136. The first-order chi connectivity index (χ1) is 14.6. The fraction of sp³-hybridized carbons (Fsp3) is 0.375. The van der Waals surface area contributed by atoms with Crippen molar-refractivity contribution >= 4 is 5.97 Å². The number of aliphatic hydroxyl groups is 2. The topological polar surface area (TPSA) is 76.0 Å². The van der Waals surface area contributed by atoms with Crippen LogP contribution in [0.2, 0.25) is 0 Å². The quantitative estimate of drug-likeness (QED) is 0.225. The molecule has 0 fully saturated rings. The van der Waals surface area contributed by atoms with Crippen LogP contribution in [0.1, 0.15) is 29.9 Å². The second-order valence-electron chi connectivity index (χ2n) is 7.02. The van der Waals surface area contributed by atoms with Crippen molar-refractivity contribution in [3.8, 4) is 11.1 Å². The molecule has 1 atom stereocenters. The van der Waals surface area contributed by atoms with Crippen LogP contribution in [0.5, 0.6) is 0 Å². The molecule has 6 heteroatoms. The summed E-state index contributed by atoms with van der Waals surface area (Å²) < 4.78 is 22.5. The molecule has 0 heterocycles. The summed E-state index contributed by atoms with van der Waals surface area (Å²) in [7, 11) is 0. The number of unbranched alkanes of at least 4 members (excludes halogenated alkanes) is 1. The maximum absolute atomic E-state index is 12.2. The molecule has 0 amide bonds. The Labute approximate surface area is 176 Å². The lowest BCUT2D eigenvalue weighted by atomic mass is 9.96. The largest absolute Gasteiger partial charge is 0.462 e. The highest BCUT2D eigenvalue weighted by Crippen LogP contribution is 2.24. The SMILES string of the molecule is C=C(CO)C(=O)OCC(COCO)c1ccc(-c2ccc(CCCCF)cc2)cc1. The van der Waals surface area contributed by atoms with Gasteiger partial charge in [-0.3, -0.25) is 4.39 Å². The van der Waals surface area contributed by atoms with Crippen LogP contribution < -0.4 is 0 Å². The first-order valence-electron chi connectivity index (χ1n) is 9.98. The van der Waals surface area contributed by atoms with Crippen molar-refractivity contribution < 1.29 is 28.9 Å². The average Bonchev–Trinajstić information content (AvgIpc) is 2.79. The molecule has 0 aliphatic carbocycles. The van der Waals surface area contributed by atoms with E-state index in [9.17, 15) is 9.18 Å². The number of carbonyl (C=O) groups excluding carboxylic acids is 1. The number of halogens is 1. The molecule has 0 saturated carbocycles. The maximum atomic E-state index is 12.2. The fourth-order valence-electron chi connectivity index (χ4n) is 3.01. The predicted octanol–water partition coefficient (Wildman–Crippen LogP) is 3.79. The van der Waals surface area contributed by atoms with E-state index < -0.39 is 19.4 Å². The number of carbonyl (C=O) groups is 1. The Hall–Kier alpha value is -2.54. The molecule has 0 aromatic heterocycles. The van der Waals surface area contributed by atoms with Gasteiger partial charge in [0.05, 0.1) is 25.5 Å². The van der Waals surface area contributed by atoms with Crippen LogP contribution in [0, 0.1) is 0 Å². The zero-order valence-electron chi connectivity index (χ0n) is 17.1. The van der Waals surface area contributed by atoms with Crippen molar-refractivity contribution in [3.05, 3.63) is 71.8 Å². The number of hydrogen-bond donors (Lipinski definition) is 2. The number of aryl methyl sites for hydroxylation is 1. The summed E-state index contributed by atoms with van der Waals surface area (Å²) in [5.74, 6) is -0.922. The average molecular weight is 416 g/mol.